The van der Waals surface area contributed by atoms with Crippen molar-refractivity contribution in [2.24, 2.45) is 11.8 Å². The molecule has 2 atom stereocenters. The molecule has 1 saturated carbocycles. The van der Waals surface area contributed by atoms with Crippen LogP contribution in [0.4, 0.5) is 0 Å². The summed E-state index contributed by atoms with van der Waals surface area (Å²) >= 11 is 1.65. The Labute approximate surface area is 140 Å². The SMILES string of the molecule is N#CCNC(=O)[C@@H]1CCCC[C@H]1CSc1ccc(C(=O)O)cc1. The Bertz CT molecular complexity index is 595. The number of carbonyl (C=O) groups excluding carboxylic acids is 1. The first-order valence-electron chi connectivity index (χ1n) is 7.72. The highest BCUT2D eigenvalue weighted by atomic mass is 32.2. The van der Waals surface area contributed by atoms with E-state index in [1.54, 1.807) is 23.9 Å². The Balaban J connectivity index is 1.92. The molecule has 2 N–H and O–H groups in total. The zero-order chi connectivity index (χ0) is 16.7. The van der Waals surface area contributed by atoms with Crippen LogP contribution in [0.15, 0.2) is 29.2 Å². The van der Waals surface area contributed by atoms with Gasteiger partial charge in [-0.1, -0.05) is 12.8 Å². The van der Waals surface area contributed by atoms with E-state index >= 15 is 0 Å². The molecule has 1 fully saturated rings. The number of hydrogen-bond acceptors (Lipinski definition) is 4. The van der Waals surface area contributed by atoms with Gasteiger partial charge in [-0.3, -0.25) is 4.79 Å². The summed E-state index contributed by atoms with van der Waals surface area (Å²) in [5.41, 5.74) is 0.278. The molecule has 23 heavy (non-hydrogen) atoms. The van der Waals surface area contributed by atoms with Crippen molar-refractivity contribution >= 4 is 23.6 Å². The average molecular weight is 332 g/mol. The molecule has 1 aromatic rings. The number of carboxylic acid groups (broad SMARTS) is 1. The number of thioether (sulfide) groups is 1. The van der Waals surface area contributed by atoms with Crippen molar-refractivity contribution in [1.29, 1.82) is 5.26 Å². The fourth-order valence-electron chi connectivity index (χ4n) is 2.91. The molecule has 1 aromatic carbocycles. The summed E-state index contributed by atoms with van der Waals surface area (Å²) < 4.78 is 0. The van der Waals surface area contributed by atoms with Gasteiger partial charge in [-0.25, -0.2) is 4.79 Å². The highest BCUT2D eigenvalue weighted by Crippen LogP contribution is 2.34. The van der Waals surface area contributed by atoms with Crippen LogP contribution in [0.5, 0.6) is 0 Å². The Morgan fingerprint density at radius 3 is 2.61 bits per heavy atom. The quantitative estimate of drug-likeness (QED) is 0.617. The third-order valence-corrected chi connectivity index (χ3v) is 5.35. The lowest BCUT2D eigenvalue weighted by molar-refractivity contribution is -0.127. The van der Waals surface area contributed by atoms with Crippen LogP contribution in [-0.4, -0.2) is 29.3 Å². The average Bonchev–Trinajstić information content (AvgIpc) is 2.58. The Kier molecular flexibility index (Phi) is 6.48. The van der Waals surface area contributed by atoms with E-state index in [-0.39, 0.29) is 23.9 Å². The van der Waals surface area contributed by atoms with Gasteiger partial charge in [0.2, 0.25) is 5.91 Å². The summed E-state index contributed by atoms with van der Waals surface area (Å²) in [4.78, 5) is 24.0. The van der Waals surface area contributed by atoms with Gasteiger partial charge in [0, 0.05) is 16.6 Å². The van der Waals surface area contributed by atoms with Gasteiger partial charge in [0.05, 0.1) is 11.6 Å². The van der Waals surface area contributed by atoms with E-state index in [1.165, 1.54) is 0 Å². The first-order chi connectivity index (χ1) is 11.1. The van der Waals surface area contributed by atoms with E-state index in [0.717, 1.165) is 36.3 Å². The van der Waals surface area contributed by atoms with Crippen LogP contribution >= 0.6 is 11.8 Å². The molecule has 5 nitrogen and oxygen atoms in total. The molecule has 0 radical (unpaired) electrons. The maximum atomic E-state index is 12.2. The zero-order valence-corrected chi connectivity index (χ0v) is 13.6. The van der Waals surface area contributed by atoms with Gasteiger partial charge >= 0.3 is 5.97 Å². The number of nitriles is 1. The van der Waals surface area contributed by atoms with E-state index in [4.69, 9.17) is 10.4 Å². The van der Waals surface area contributed by atoms with E-state index < -0.39 is 5.97 Å². The molecule has 0 saturated heterocycles. The molecule has 6 heteroatoms. The molecule has 0 spiro atoms. The molecular formula is C17H20N2O3S. The summed E-state index contributed by atoms with van der Waals surface area (Å²) in [5, 5.41) is 20.2. The lowest BCUT2D eigenvalue weighted by Gasteiger charge is -2.30. The number of amides is 1. The van der Waals surface area contributed by atoms with Crippen LogP contribution in [0.25, 0.3) is 0 Å². The van der Waals surface area contributed by atoms with Gasteiger partial charge in [0.25, 0.3) is 0 Å². The second kappa shape index (κ2) is 8.59. The first-order valence-corrected chi connectivity index (χ1v) is 8.71. The van der Waals surface area contributed by atoms with E-state index in [2.05, 4.69) is 5.32 Å². The molecule has 2 rings (SSSR count). The molecule has 122 valence electrons. The standard InChI is InChI=1S/C17H20N2O3S/c18-9-10-19-16(20)15-4-2-1-3-13(15)11-23-14-7-5-12(6-8-14)17(21)22/h5-8,13,15H,1-4,10-11H2,(H,19,20)(H,21,22)/t13-,15+/m0/s1. The van der Waals surface area contributed by atoms with Gasteiger partial charge in [0.1, 0.15) is 6.54 Å². The fraction of sp³-hybridized carbons (Fsp3) is 0.471. The summed E-state index contributed by atoms with van der Waals surface area (Å²) in [6, 6.07) is 8.75. The number of benzene rings is 1. The number of aromatic carboxylic acids is 1. The first kappa shape index (κ1) is 17.4. The number of nitrogens with zero attached hydrogens (tertiary/aromatic N) is 1. The lowest BCUT2D eigenvalue weighted by Crippen LogP contribution is -2.37. The minimum Gasteiger partial charge on any atom is -0.478 e. The third kappa shape index (κ3) is 5.00. The van der Waals surface area contributed by atoms with Crippen LogP contribution in [0.2, 0.25) is 0 Å². The maximum absolute atomic E-state index is 12.2. The molecule has 0 unspecified atom stereocenters. The predicted molar refractivity (Wildman–Crippen MR) is 88.2 cm³/mol. The lowest BCUT2D eigenvalue weighted by atomic mass is 9.80. The van der Waals surface area contributed by atoms with Crippen molar-refractivity contribution in [2.45, 2.75) is 30.6 Å². The molecular weight excluding hydrogens is 312 g/mol. The largest absolute Gasteiger partial charge is 0.478 e. The topological polar surface area (TPSA) is 90.2 Å². The number of rotatable bonds is 6. The Hall–Kier alpha value is -2.00. The summed E-state index contributed by atoms with van der Waals surface area (Å²) in [6.07, 6.45) is 4.08. The summed E-state index contributed by atoms with van der Waals surface area (Å²) in [5.74, 6) is 0.160. The number of carboxylic acids is 1. The van der Waals surface area contributed by atoms with Crippen LogP contribution in [0.3, 0.4) is 0 Å². The Morgan fingerprint density at radius 1 is 1.26 bits per heavy atom. The van der Waals surface area contributed by atoms with Gasteiger partial charge in [0.15, 0.2) is 0 Å². The summed E-state index contributed by atoms with van der Waals surface area (Å²) in [7, 11) is 0. The normalized spacial score (nSPS) is 20.5. The van der Waals surface area contributed by atoms with Crippen LogP contribution < -0.4 is 5.32 Å². The molecule has 0 aromatic heterocycles. The van der Waals surface area contributed by atoms with E-state index in [0.29, 0.717) is 5.92 Å². The highest BCUT2D eigenvalue weighted by molar-refractivity contribution is 7.99. The highest BCUT2D eigenvalue weighted by Gasteiger charge is 2.30. The third-order valence-electron chi connectivity index (χ3n) is 4.15. The molecule has 0 heterocycles. The minimum atomic E-state index is -0.928. The fourth-order valence-corrected chi connectivity index (χ4v) is 4.04. The predicted octanol–water partition coefficient (Wildman–Crippen LogP) is 2.92. The van der Waals surface area contributed by atoms with Gasteiger partial charge in [-0.05, 0) is 43.0 Å². The monoisotopic (exact) mass is 332 g/mol. The van der Waals surface area contributed by atoms with Crippen LogP contribution in [0.1, 0.15) is 36.0 Å². The van der Waals surface area contributed by atoms with Crippen molar-refractivity contribution in [3.63, 3.8) is 0 Å². The van der Waals surface area contributed by atoms with E-state index in [9.17, 15) is 9.59 Å². The number of nitrogens with one attached hydrogen (secondary N) is 1. The van der Waals surface area contributed by atoms with Crippen molar-refractivity contribution < 1.29 is 14.7 Å². The minimum absolute atomic E-state index is 0.0157. The smallest absolute Gasteiger partial charge is 0.335 e. The zero-order valence-electron chi connectivity index (χ0n) is 12.8. The van der Waals surface area contributed by atoms with Crippen molar-refractivity contribution in [3.8, 4) is 6.07 Å². The van der Waals surface area contributed by atoms with Gasteiger partial charge in [-0.2, -0.15) is 5.26 Å². The van der Waals surface area contributed by atoms with Crippen molar-refractivity contribution in [1.82, 2.24) is 5.32 Å². The van der Waals surface area contributed by atoms with Crippen LogP contribution in [0, 0.1) is 23.2 Å². The van der Waals surface area contributed by atoms with Gasteiger partial charge in [-0.15, -0.1) is 11.8 Å². The Morgan fingerprint density at radius 2 is 1.96 bits per heavy atom. The van der Waals surface area contributed by atoms with Crippen LogP contribution in [-0.2, 0) is 4.79 Å². The van der Waals surface area contributed by atoms with Crippen molar-refractivity contribution in [3.05, 3.63) is 29.8 Å². The molecule has 0 aliphatic heterocycles. The summed E-state index contributed by atoms with van der Waals surface area (Å²) in [6.45, 7) is 0.0614. The molecule has 1 aliphatic carbocycles. The maximum Gasteiger partial charge on any atom is 0.335 e. The number of carbonyl (C=O) groups is 2. The number of hydrogen-bond donors (Lipinski definition) is 2. The van der Waals surface area contributed by atoms with Crippen molar-refractivity contribution in [2.75, 3.05) is 12.3 Å². The molecule has 1 amide bonds. The molecule has 0 bridgehead atoms. The van der Waals surface area contributed by atoms with E-state index in [1.807, 2.05) is 18.2 Å². The molecule has 1 aliphatic rings. The second-order valence-electron chi connectivity index (χ2n) is 5.67. The van der Waals surface area contributed by atoms with Gasteiger partial charge < -0.3 is 10.4 Å². The second-order valence-corrected chi connectivity index (χ2v) is 6.76.